The van der Waals surface area contributed by atoms with Crippen molar-refractivity contribution in [3.05, 3.63) is 40.4 Å². The fourth-order valence-electron chi connectivity index (χ4n) is 1.08. The van der Waals surface area contributed by atoms with Crippen LogP contribution in [0.25, 0.3) is 6.08 Å². The van der Waals surface area contributed by atoms with E-state index >= 15 is 0 Å². The van der Waals surface area contributed by atoms with Gasteiger partial charge >= 0.3 is 0 Å². The molecule has 1 aromatic carbocycles. The fraction of sp³-hybridized carbons (Fsp3) is 0.250. The summed E-state index contributed by atoms with van der Waals surface area (Å²) in [6.45, 7) is 1.93. The van der Waals surface area contributed by atoms with Crippen molar-refractivity contribution >= 4 is 23.6 Å². The van der Waals surface area contributed by atoms with Crippen LogP contribution in [-0.4, -0.2) is 25.1 Å². The monoisotopic (exact) mass is 239 g/mol. The van der Waals surface area contributed by atoms with Gasteiger partial charge in [0, 0.05) is 18.1 Å². The Morgan fingerprint density at radius 1 is 1.50 bits per heavy atom. The number of hydroxylamine groups is 2. The summed E-state index contributed by atoms with van der Waals surface area (Å²) in [4.78, 5) is 16.1. The van der Waals surface area contributed by atoms with E-state index in [1.165, 1.54) is 13.2 Å². The van der Waals surface area contributed by atoms with Gasteiger partial charge in [-0.2, -0.15) is 0 Å². The molecule has 0 aromatic heterocycles. The lowest BCUT2D eigenvalue weighted by atomic mass is 10.1. The van der Waals surface area contributed by atoms with E-state index in [2.05, 4.69) is 0 Å². The highest BCUT2D eigenvalue weighted by Gasteiger charge is 2.02. The van der Waals surface area contributed by atoms with Crippen LogP contribution in [0.2, 0.25) is 5.02 Å². The van der Waals surface area contributed by atoms with Crippen molar-refractivity contribution in [2.75, 3.05) is 14.2 Å². The second-order valence-electron chi connectivity index (χ2n) is 3.36. The Morgan fingerprint density at radius 3 is 2.75 bits per heavy atom. The van der Waals surface area contributed by atoms with E-state index in [0.29, 0.717) is 5.02 Å². The summed E-state index contributed by atoms with van der Waals surface area (Å²) in [7, 11) is 2.99. The van der Waals surface area contributed by atoms with E-state index in [1.54, 1.807) is 13.1 Å². The van der Waals surface area contributed by atoms with E-state index in [-0.39, 0.29) is 5.91 Å². The fourth-order valence-corrected chi connectivity index (χ4v) is 1.26. The van der Waals surface area contributed by atoms with Crippen LogP contribution >= 0.6 is 11.6 Å². The first-order chi connectivity index (χ1) is 7.54. The number of halogens is 1. The van der Waals surface area contributed by atoms with Gasteiger partial charge < -0.3 is 0 Å². The maximum Gasteiger partial charge on any atom is 0.269 e. The Labute approximate surface area is 100 Å². The summed E-state index contributed by atoms with van der Waals surface area (Å²) in [5.41, 5.74) is 1.90. The lowest BCUT2D eigenvalue weighted by Crippen LogP contribution is -2.22. The van der Waals surface area contributed by atoms with E-state index in [0.717, 1.165) is 16.2 Å². The topological polar surface area (TPSA) is 29.5 Å². The number of rotatable bonds is 3. The van der Waals surface area contributed by atoms with Crippen LogP contribution in [0, 0.1) is 6.92 Å². The van der Waals surface area contributed by atoms with Gasteiger partial charge in [0.05, 0.1) is 7.11 Å². The molecule has 0 saturated carbocycles. The highest BCUT2D eigenvalue weighted by atomic mass is 35.5. The molecule has 0 N–H and O–H groups in total. The lowest BCUT2D eigenvalue weighted by Gasteiger charge is -2.10. The van der Waals surface area contributed by atoms with Crippen molar-refractivity contribution in [2.24, 2.45) is 0 Å². The number of amides is 1. The highest BCUT2D eigenvalue weighted by molar-refractivity contribution is 6.31. The van der Waals surface area contributed by atoms with Gasteiger partial charge in [-0.1, -0.05) is 23.7 Å². The minimum Gasteiger partial charge on any atom is -0.274 e. The minimum absolute atomic E-state index is 0.223. The molecule has 0 heterocycles. The van der Waals surface area contributed by atoms with Gasteiger partial charge in [-0.25, -0.2) is 5.06 Å². The quantitative estimate of drug-likeness (QED) is 0.600. The van der Waals surface area contributed by atoms with Crippen molar-refractivity contribution in [3.8, 4) is 0 Å². The lowest BCUT2D eigenvalue weighted by molar-refractivity contribution is -0.162. The molecule has 0 aliphatic carbocycles. The molecule has 4 heteroatoms. The van der Waals surface area contributed by atoms with E-state index in [4.69, 9.17) is 16.4 Å². The maximum absolute atomic E-state index is 11.4. The summed E-state index contributed by atoms with van der Waals surface area (Å²) in [5, 5.41) is 1.83. The van der Waals surface area contributed by atoms with Crippen LogP contribution in [0.1, 0.15) is 11.1 Å². The van der Waals surface area contributed by atoms with Gasteiger partial charge in [0.15, 0.2) is 0 Å². The first kappa shape index (κ1) is 12.7. The second kappa shape index (κ2) is 5.68. The van der Waals surface area contributed by atoms with E-state index in [1.807, 2.05) is 25.1 Å². The summed E-state index contributed by atoms with van der Waals surface area (Å²) in [6, 6.07) is 5.62. The van der Waals surface area contributed by atoms with Crippen LogP contribution < -0.4 is 0 Å². The van der Waals surface area contributed by atoms with Gasteiger partial charge in [0.2, 0.25) is 0 Å². The zero-order valence-corrected chi connectivity index (χ0v) is 10.3. The Kier molecular flexibility index (Phi) is 4.52. The van der Waals surface area contributed by atoms with Gasteiger partial charge in [0.25, 0.3) is 5.91 Å². The predicted molar refractivity (Wildman–Crippen MR) is 65.0 cm³/mol. The zero-order chi connectivity index (χ0) is 12.1. The Balaban J connectivity index is 2.77. The van der Waals surface area contributed by atoms with Gasteiger partial charge in [-0.05, 0) is 30.2 Å². The van der Waals surface area contributed by atoms with Crippen molar-refractivity contribution in [1.29, 1.82) is 0 Å². The van der Waals surface area contributed by atoms with E-state index < -0.39 is 0 Å². The smallest absolute Gasteiger partial charge is 0.269 e. The molecule has 0 bridgehead atoms. The average Bonchev–Trinajstić information content (AvgIpc) is 2.29. The zero-order valence-electron chi connectivity index (χ0n) is 9.53. The minimum atomic E-state index is -0.223. The maximum atomic E-state index is 11.4. The number of hydrogen-bond donors (Lipinski definition) is 0. The van der Waals surface area contributed by atoms with Crippen molar-refractivity contribution < 1.29 is 9.63 Å². The van der Waals surface area contributed by atoms with Crippen LogP contribution in [0.15, 0.2) is 24.3 Å². The molecular formula is C12H14ClNO2. The van der Waals surface area contributed by atoms with Gasteiger partial charge in [-0.3, -0.25) is 9.63 Å². The normalized spacial score (nSPS) is 10.8. The van der Waals surface area contributed by atoms with Crippen LogP contribution in [0.4, 0.5) is 0 Å². The molecule has 1 aromatic rings. The van der Waals surface area contributed by atoms with Crippen molar-refractivity contribution in [2.45, 2.75) is 6.92 Å². The molecule has 1 amide bonds. The second-order valence-corrected chi connectivity index (χ2v) is 3.77. The molecule has 0 aliphatic heterocycles. The Bertz CT molecular complexity index is 415. The van der Waals surface area contributed by atoms with Crippen LogP contribution in [-0.2, 0) is 9.63 Å². The summed E-state index contributed by atoms with van der Waals surface area (Å²) in [5.74, 6) is -0.223. The molecule has 0 saturated heterocycles. The number of benzene rings is 1. The molecule has 1 rings (SSSR count). The van der Waals surface area contributed by atoms with Crippen LogP contribution in [0.5, 0.6) is 0 Å². The first-order valence-corrected chi connectivity index (χ1v) is 5.18. The summed E-state index contributed by atoms with van der Waals surface area (Å²) in [6.07, 6.45) is 3.13. The molecular weight excluding hydrogens is 226 g/mol. The van der Waals surface area contributed by atoms with E-state index in [9.17, 15) is 4.79 Å². The SMILES string of the molecule is CON(C)C(=O)/C=C\c1ccc(C)c(Cl)c1. The molecule has 3 nitrogen and oxygen atoms in total. The summed E-state index contributed by atoms with van der Waals surface area (Å²) < 4.78 is 0. The van der Waals surface area contributed by atoms with Crippen molar-refractivity contribution in [1.82, 2.24) is 5.06 Å². The van der Waals surface area contributed by atoms with Gasteiger partial charge in [-0.15, -0.1) is 0 Å². The van der Waals surface area contributed by atoms with Crippen molar-refractivity contribution in [3.63, 3.8) is 0 Å². The number of carbonyl (C=O) groups is 1. The molecule has 0 fully saturated rings. The third kappa shape index (κ3) is 3.36. The predicted octanol–water partition coefficient (Wildman–Crippen LogP) is 2.68. The first-order valence-electron chi connectivity index (χ1n) is 4.80. The van der Waals surface area contributed by atoms with Crippen LogP contribution in [0.3, 0.4) is 0 Å². The average molecular weight is 240 g/mol. The highest BCUT2D eigenvalue weighted by Crippen LogP contribution is 2.17. The molecule has 0 radical (unpaired) electrons. The molecule has 86 valence electrons. The largest absolute Gasteiger partial charge is 0.274 e. The number of hydrogen-bond acceptors (Lipinski definition) is 2. The molecule has 0 unspecified atom stereocenters. The molecule has 0 spiro atoms. The third-order valence-corrected chi connectivity index (χ3v) is 2.61. The van der Waals surface area contributed by atoms with Gasteiger partial charge in [0.1, 0.15) is 0 Å². The molecule has 0 atom stereocenters. The Morgan fingerprint density at radius 2 is 2.19 bits per heavy atom. The number of likely N-dealkylation sites (N-methyl/N-ethyl adjacent to an activating group) is 1. The molecule has 16 heavy (non-hydrogen) atoms. The summed E-state index contributed by atoms with van der Waals surface area (Å²) >= 11 is 5.97. The Hall–Kier alpha value is -1.32. The number of nitrogens with zero attached hydrogens (tertiary/aromatic N) is 1. The standard InChI is InChI=1S/C12H14ClNO2/c1-9-4-5-10(8-11(9)13)6-7-12(15)14(2)16-3/h4-8H,1-3H3/b7-6-. The third-order valence-electron chi connectivity index (χ3n) is 2.20. The number of carbonyl (C=O) groups excluding carboxylic acids is 1. The number of aryl methyl sites for hydroxylation is 1. The molecule has 0 aliphatic rings.